The predicted molar refractivity (Wildman–Crippen MR) is 74.3 cm³/mol. The number of carbonyl (C=O) groups is 2. The van der Waals surface area contributed by atoms with Gasteiger partial charge in [-0.3, -0.25) is 9.59 Å². The summed E-state index contributed by atoms with van der Waals surface area (Å²) in [5.41, 5.74) is 2.55. The molecule has 0 saturated carbocycles. The standard InChI is InChI=1S/C15H22N2O2/c1-10-8-11-12(6-5-7-13(11)18)17(10)9-15(2,3)14(19)16-4/h8H,5-7,9H2,1-4H3,(H,16,19). The van der Waals surface area contributed by atoms with E-state index < -0.39 is 5.41 Å². The number of amides is 1. The summed E-state index contributed by atoms with van der Waals surface area (Å²) in [7, 11) is 1.66. The zero-order valence-electron chi connectivity index (χ0n) is 12.2. The smallest absolute Gasteiger partial charge is 0.227 e. The molecule has 0 fully saturated rings. The maximum absolute atomic E-state index is 11.9. The van der Waals surface area contributed by atoms with Crippen molar-refractivity contribution in [2.45, 2.75) is 46.6 Å². The van der Waals surface area contributed by atoms with E-state index in [9.17, 15) is 9.59 Å². The van der Waals surface area contributed by atoms with Gasteiger partial charge in [-0.2, -0.15) is 0 Å². The maximum atomic E-state index is 11.9. The molecule has 1 N–H and O–H groups in total. The van der Waals surface area contributed by atoms with Crippen LogP contribution in [0.4, 0.5) is 0 Å². The molecule has 1 aromatic rings. The van der Waals surface area contributed by atoms with E-state index in [1.54, 1.807) is 7.05 Å². The number of fused-ring (bicyclic) bond motifs is 1. The van der Waals surface area contributed by atoms with Crippen LogP contribution in [-0.4, -0.2) is 23.3 Å². The fourth-order valence-electron chi connectivity index (χ4n) is 2.82. The molecular weight excluding hydrogens is 240 g/mol. The van der Waals surface area contributed by atoms with Gasteiger partial charge in [-0.05, 0) is 39.7 Å². The van der Waals surface area contributed by atoms with Gasteiger partial charge in [-0.15, -0.1) is 0 Å². The van der Waals surface area contributed by atoms with Crippen molar-refractivity contribution in [3.63, 3.8) is 0 Å². The Bertz CT molecular complexity index is 526. The van der Waals surface area contributed by atoms with Gasteiger partial charge in [0.2, 0.25) is 5.91 Å². The molecule has 1 heterocycles. The van der Waals surface area contributed by atoms with E-state index in [-0.39, 0.29) is 11.7 Å². The van der Waals surface area contributed by atoms with E-state index in [1.165, 1.54) is 0 Å². The van der Waals surface area contributed by atoms with Crippen molar-refractivity contribution in [3.8, 4) is 0 Å². The van der Waals surface area contributed by atoms with Gasteiger partial charge >= 0.3 is 0 Å². The fourth-order valence-corrected chi connectivity index (χ4v) is 2.82. The van der Waals surface area contributed by atoms with Gasteiger partial charge in [-0.1, -0.05) is 0 Å². The molecule has 0 atom stereocenters. The zero-order valence-corrected chi connectivity index (χ0v) is 12.2. The third-order valence-corrected chi connectivity index (χ3v) is 3.93. The molecule has 2 rings (SSSR count). The third-order valence-electron chi connectivity index (χ3n) is 3.93. The van der Waals surface area contributed by atoms with Gasteiger partial charge in [0.05, 0.1) is 5.41 Å². The molecule has 4 heteroatoms. The minimum Gasteiger partial charge on any atom is -0.359 e. The summed E-state index contributed by atoms with van der Waals surface area (Å²) in [6, 6.07) is 1.97. The minimum absolute atomic E-state index is 0.0245. The second kappa shape index (κ2) is 4.83. The van der Waals surface area contributed by atoms with Gasteiger partial charge in [-0.25, -0.2) is 0 Å². The molecule has 0 bridgehead atoms. The summed E-state index contributed by atoms with van der Waals surface area (Å²) in [6.45, 7) is 6.48. The van der Waals surface area contributed by atoms with Crippen molar-refractivity contribution in [3.05, 3.63) is 23.0 Å². The van der Waals surface area contributed by atoms with Gasteiger partial charge in [0.25, 0.3) is 0 Å². The summed E-state index contributed by atoms with van der Waals surface area (Å²) in [5, 5.41) is 2.71. The van der Waals surface area contributed by atoms with Crippen molar-refractivity contribution in [1.82, 2.24) is 9.88 Å². The second-order valence-corrected chi connectivity index (χ2v) is 5.97. The first-order chi connectivity index (χ1) is 8.86. The Labute approximate surface area is 114 Å². The molecule has 1 aliphatic carbocycles. The monoisotopic (exact) mass is 262 g/mol. The number of ketones is 1. The van der Waals surface area contributed by atoms with Gasteiger partial charge < -0.3 is 9.88 Å². The summed E-state index contributed by atoms with van der Waals surface area (Å²) < 4.78 is 2.14. The van der Waals surface area contributed by atoms with Crippen LogP contribution in [-0.2, 0) is 17.8 Å². The third kappa shape index (κ3) is 2.44. The lowest BCUT2D eigenvalue weighted by atomic mass is 9.91. The largest absolute Gasteiger partial charge is 0.359 e. The molecule has 19 heavy (non-hydrogen) atoms. The van der Waals surface area contributed by atoms with Crippen LogP contribution in [0, 0.1) is 12.3 Å². The van der Waals surface area contributed by atoms with Crippen molar-refractivity contribution in [2.75, 3.05) is 7.05 Å². The molecule has 1 aromatic heterocycles. The highest BCUT2D eigenvalue weighted by Crippen LogP contribution is 2.28. The van der Waals surface area contributed by atoms with Gasteiger partial charge in [0, 0.05) is 37.0 Å². The zero-order chi connectivity index (χ0) is 14.2. The van der Waals surface area contributed by atoms with Crippen LogP contribution in [0.2, 0.25) is 0 Å². The normalized spacial score (nSPS) is 15.3. The van der Waals surface area contributed by atoms with Crippen LogP contribution in [0.15, 0.2) is 6.07 Å². The lowest BCUT2D eigenvalue weighted by Crippen LogP contribution is -2.38. The van der Waals surface area contributed by atoms with E-state index in [0.29, 0.717) is 13.0 Å². The van der Waals surface area contributed by atoms with Crippen LogP contribution in [0.1, 0.15) is 48.4 Å². The predicted octanol–water partition coefficient (Wildman–Crippen LogP) is 2.09. The quantitative estimate of drug-likeness (QED) is 0.906. The topological polar surface area (TPSA) is 51.1 Å². The SMILES string of the molecule is CNC(=O)C(C)(C)Cn1c(C)cc2c1CCCC2=O. The number of hydrogen-bond acceptors (Lipinski definition) is 2. The molecule has 0 radical (unpaired) electrons. The van der Waals surface area contributed by atoms with E-state index in [0.717, 1.165) is 29.8 Å². The summed E-state index contributed by atoms with van der Waals surface area (Å²) in [4.78, 5) is 23.8. The summed E-state index contributed by atoms with van der Waals surface area (Å²) in [5.74, 6) is 0.261. The first-order valence-electron chi connectivity index (χ1n) is 6.81. The second-order valence-electron chi connectivity index (χ2n) is 5.97. The number of carbonyl (C=O) groups excluding carboxylic acids is 2. The average Bonchev–Trinajstić information content (AvgIpc) is 2.67. The Morgan fingerprint density at radius 1 is 1.42 bits per heavy atom. The number of nitrogens with one attached hydrogen (secondary N) is 1. The highest BCUT2D eigenvalue weighted by atomic mass is 16.2. The van der Waals surface area contributed by atoms with Crippen LogP contribution < -0.4 is 5.32 Å². The van der Waals surface area contributed by atoms with Crippen molar-refractivity contribution in [1.29, 1.82) is 0 Å². The lowest BCUT2D eigenvalue weighted by Gasteiger charge is -2.26. The summed E-state index contributed by atoms with van der Waals surface area (Å²) in [6.07, 6.45) is 2.49. The van der Waals surface area contributed by atoms with Gasteiger partial charge in [0.15, 0.2) is 5.78 Å². The molecule has 104 valence electrons. The lowest BCUT2D eigenvalue weighted by molar-refractivity contribution is -0.129. The average molecular weight is 262 g/mol. The number of nitrogens with zero attached hydrogens (tertiary/aromatic N) is 1. The first kappa shape index (κ1) is 13.8. The molecule has 0 unspecified atom stereocenters. The highest BCUT2D eigenvalue weighted by Gasteiger charge is 2.30. The Hall–Kier alpha value is -1.58. The highest BCUT2D eigenvalue weighted by molar-refractivity contribution is 5.98. The van der Waals surface area contributed by atoms with Crippen molar-refractivity contribution >= 4 is 11.7 Å². The van der Waals surface area contributed by atoms with E-state index in [4.69, 9.17) is 0 Å². The molecule has 0 aliphatic heterocycles. The van der Waals surface area contributed by atoms with Crippen molar-refractivity contribution in [2.24, 2.45) is 5.41 Å². The Balaban J connectivity index is 2.36. The van der Waals surface area contributed by atoms with Crippen LogP contribution in [0.25, 0.3) is 0 Å². The van der Waals surface area contributed by atoms with E-state index in [2.05, 4.69) is 9.88 Å². The number of rotatable bonds is 3. The van der Waals surface area contributed by atoms with Crippen LogP contribution in [0.3, 0.4) is 0 Å². The minimum atomic E-state index is -0.479. The van der Waals surface area contributed by atoms with Crippen LogP contribution >= 0.6 is 0 Å². The number of Topliss-reactive ketones (excluding diaryl/α,β-unsaturated/α-hetero) is 1. The maximum Gasteiger partial charge on any atom is 0.227 e. The van der Waals surface area contributed by atoms with Crippen LogP contribution in [0.5, 0.6) is 0 Å². The van der Waals surface area contributed by atoms with E-state index >= 15 is 0 Å². The number of aryl methyl sites for hydroxylation is 1. The molecule has 1 aliphatic rings. The number of aromatic nitrogens is 1. The van der Waals surface area contributed by atoms with Crippen molar-refractivity contribution < 1.29 is 9.59 Å². The molecule has 0 spiro atoms. The fraction of sp³-hybridized carbons (Fsp3) is 0.600. The number of hydrogen-bond donors (Lipinski definition) is 1. The Kier molecular flexibility index (Phi) is 3.52. The molecule has 4 nitrogen and oxygen atoms in total. The first-order valence-corrected chi connectivity index (χ1v) is 6.81. The molecule has 1 amide bonds. The molecule has 0 saturated heterocycles. The Morgan fingerprint density at radius 3 is 2.74 bits per heavy atom. The van der Waals surface area contributed by atoms with E-state index in [1.807, 2.05) is 26.8 Å². The molecular formula is C15H22N2O2. The van der Waals surface area contributed by atoms with Gasteiger partial charge in [0.1, 0.15) is 0 Å². The molecule has 0 aromatic carbocycles. The Morgan fingerprint density at radius 2 is 2.11 bits per heavy atom. The summed E-state index contributed by atoms with van der Waals surface area (Å²) >= 11 is 0.